The van der Waals surface area contributed by atoms with Gasteiger partial charge >= 0.3 is 5.97 Å². The molecule has 0 amide bonds. The summed E-state index contributed by atoms with van der Waals surface area (Å²) in [4.78, 5) is 31.9. The van der Waals surface area contributed by atoms with Crippen molar-refractivity contribution in [2.45, 2.75) is 6.42 Å². The average Bonchev–Trinajstić information content (AvgIpc) is 3.34. The van der Waals surface area contributed by atoms with Crippen molar-refractivity contribution < 1.29 is 14.3 Å². The second-order valence-corrected chi connectivity index (χ2v) is 7.01. The molecule has 27 heavy (non-hydrogen) atoms. The molecule has 2 aromatic heterocycles. The molecule has 0 bridgehead atoms. The number of methoxy groups -OCH3 is 1. The first-order valence-corrected chi connectivity index (χ1v) is 9.26. The zero-order chi connectivity index (χ0) is 18.8. The Hall–Kier alpha value is -3.25. The number of carbonyl (C=O) groups is 2. The molecular weight excluding hydrogens is 360 g/mol. The van der Waals surface area contributed by atoms with Crippen molar-refractivity contribution in [3.63, 3.8) is 0 Å². The van der Waals surface area contributed by atoms with E-state index in [9.17, 15) is 9.59 Å². The Labute approximate surface area is 159 Å². The molecule has 0 radical (unpaired) electrons. The molecule has 134 valence electrons. The molecule has 5 nitrogen and oxygen atoms in total. The van der Waals surface area contributed by atoms with E-state index in [0.29, 0.717) is 23.2 Å². The zero-order valence-corrected chi connectivity index (χ0v) is 15.4. The normalized spacial score (nSPS) is 10.9. The first kappa shape index (κ1) is 17.2. The van der Waals surface area contributed by atoms with E-state index in [1.165, 1.54) is 18.4 Å². The summed E-state index contributed by atoms with van der Waals surface area (Å²) in [6.07, 6.45) is 2.31. The predicted octanol–water partition coefficient (Wildman–Crippen LogP) is 4.23. The lowest BCUT2D eigenvalue weighted by Gasteiger charge is -2.03. The van der Waals surface area contributed by atoms with Crippen molar-refractivity contribution in [2.24, 2.45) is 0 Å². The van der Waals surface area contributed by atoms with Gasteiger partial charge in [-0.05, 0) is 17.7 Å². The highest BCUT2D eigenvalue weighted by atomic mass is 32.1. The molecule has 0 aliphatic carbocycles. The van der Waals surface area contributed by atoms with Gasteiger partial charge in [-0.3, -0.25) is 4.79 Å². The van der Waals surface area contributed by atoms with E-state index >= 15 is 0 Å². The van der Waals surface area contributed by atoms with Gasteiger partial charge in [0.05, 0.1) is 12.1 Å². The fourth-order valence-electron chi connectivity index (χ4n) is 3.00. The summed E-state index contributed by atoms with van der Waals surface area (Å²) in [6, 6.07) is 15.3. The molecular formula is C21H16N2O3S. The number of hydrogen-bond donors (Lipinski definition) is 1. The number of esters is 1. The van der Waals surface area contributed by atoms with Crippen LogP contribution in [0.25, 0.3) is 10.9 Å². The Bertz CT molecular complexity index is 1140. The fourth-order valence-corrected chi connectivity index (χ4v) is 3.80. The maximum Gasteiger partial charge on any atom is 0.357 e. The van der Waals surface area contributed by atoms with Gasteiger partial charge < -0.3 is 9.72 Å². The third-order valence-electron chi connectivity index (χ3n) is 4.32. The summed E-state index contributed by atoms with van der Waals surface area (Å²) in [5, 5.41) is 3.39. The van der Waals surface area contributed by atoms with Gasteiger partial charge in [-0.1, -0.05) is 36.4 Å². The van der Waals surface area contributed by atoms with Crippen LogP contribution in [0, 0.1) is 0 Å². The van der Waals surface area contributed by atoms with Gasteiger partial charge in [-0.15, -0.1) is 11.3 Å². The van der Waals surface area contributed by atoms with Crippen LogP contribution in [-0.2, 0) is 11.2 Å². The maximum atomic E-state index is 13.0. The highest BCUT2D eigenvalue weighted by Crippen LogP contribution is 2.22. The summed E-state index contributed by atoms with van der Waals surface area (Å²) < 4.78 is 4.68. The van der Waals surface area contributed by atoms with Crippen LogP contribution in [-0.4, -0.2) is 28.8 Å². The first-order chi connectivity index (χ1) is 13.2. The number of aromatic nitrogens is 2. The van der Waals surface area contributed by atoms with Crippen molar-refractivity contribution in [3.05, 3.63) is 87.5 Å². The lowest BCUT2D eigenvalue weighted by molar-refractivity contribution is 0.0594. The Kier molecular flexibility index (Phi) is 4.56. The summed E-state index contributed by atoms with van der Waals surface area (Å²) >= 11 is 1.40. The Morgan fingerprint density at radius 3 is 2.85 bits per heavy atom. The summed E-state index contributed by atoms with van der Waals surface area (Å²) in [6.45, 7) is 0. The smallest absolute Gasteiger partial charge is 0.357 e. The number of H-pyrrole nitrogens is 1. The fraction of sp³-hybridized carbons (Fsp3) is 0.0952. The average molecular weight is 376 g/mol. The number of hydrogen-bond acceptors (Lipinski definition) is 5. The van der Waals surface area contributed by atoms with E-state index in [1.807, 2.05) is 48.5 Å². The number of aromatic amines is 1. The molecule has 0 saturated heterocycles. The molecule has 0 spiro atoms. The van der Waals surface area contributed by atoms with Crippen molar-refractivity contribution in [1.29, 1.82) is 0 Å². The SMILES string of the molecule is COC(=O)c1csc(Cc2cccc(C(=O)c3c[nH]c4ccccc34)c2)n1. The van der Waals surface area contributed by atoms with E-state index in [1.54, 1.807) is 11.6 Å². The van der Waals surface area contributed by atoms with Crippen molar-refractivity contribution in [1.82, 2.24) is 9.97 Å². The van der Waals surface area contributed by atoms with Crippen LogP contribution >= 0.6 is 11.3 Å². The Morgan fingerprint density at radius 2 is 2.00 bits per heavy atom. The number of nitrogens with one attached hydrogen (secondary N) is 1. The molecule has 4 rings (SSSR count). The summed E-state index contributed by atoms with van der Waals surface area (Å²) in [5.74, 6) is -0.468. The molecule has 0 saturated carbocycles. The third kappa shape index (κ3) is 3.39. The van der Waals surface area contributed by atoms with Crippen LogP contribution < -0.4 is 0 Å². The Morgan fingerprint density at radius 1 is 1.15 bits per heavy atom. The van der Waals surface area contributed by atoms with Crippen LogP contribution in [0.5, 0.6) is 0 Å². The maximum absolute atomic E-state index is 13.0. The molecule has 0 atom stereocenters. The minimum absolute atomic E-state index is 0.0244. The van der Waals surface area contributed by atoms with Crippen molar-refractivity contribution in [2.75, 3.05) is 7.11 Å². The van der Waals surface area contributed by atoms with Crippen LogP contribution in [0.15, 0.2) is 60.1 Å². The molecule has 1 N–H and O–H groups in total. The van der Waals surface area contributed by atoms with Gasteiger partial charge in [-0.2, -0.15) is 0 Å². The highest BCUT2D eigenvalue weighted by Gasteiger charge is 2.15. The molecule has 0 aliphatic heterocycles. The van der Waals surface area contributed by atoms with Gasteiger partial charge in [0.1, 0.15) is 0 Å². The van der Waals surface area contributed by atoms with Crippen LogP contribution in [0.1, 0.15) is 37.0 Å². The zero-order valence-electron chi connectivity index (χ0n) is 14.6. The van der Waals surface area contributed by atoms with Gasteiger partial charge in [-0.25, -0.2) is 9.78 Å². The molecule has 2 aromatic carbocycles. The minimum Gasteiger partial charge on any atom is -0.464 e. The number of benzene rings is 2. The summed E-state index contributed by atoms with van der Waals surface area (Å²) in [5.41, 5.74) is 3.50. The molecule has 6 heteroatoms. The van der Waals surface area contributed by atoms with Crippen molar-refractivity contribution in [3.8, 4) is 0 Å². The second kappa shape index (κ2) is 7.17. The van der Waals surface area contributed by atoms with Gasteiger partial charge in [0.2, 0.25) is 0 Å². The monoisotopic (exact) mass is 376 g/mol. The van der Waals surface area contributed by atoms with Gasteiger partial charge in [0, 0.05) is 40.0 Å². The number of thiazole rings is 1. The van der Waals surface area contributed by atoms with Crippen LogP contribution in [0.2, 0.25) is 0 Å². The Balaban J connectivity index is 1.60. The van der Waals surface area contributed by atoms with Crippen LogP contribution in [0.4, 0.5) is 0 Å². The lowest BCUT2D eigenvalue weighted by Crippen LogP contribution is -2.03. The number of para-hydroxylation sites is 1. The number of ketones is 1. The van der Waals surface area contributed by atoms with E-state index < -0.39 is 5.97 Å². The molecule has 0 fully saturated rings. The third-order valence-corrected chi connectivity index (χ3v) is 5.17. The van der Waals surface area contributed by atoms with Crippen LogP contribution in [0.3, 0.4) is 0 Å². The quantitative estimate of drug-likeness (QED) is 0.418. The minimum atomic E-state index is -0.444. The first-order valence-electron chi connectivity index (χ1n) is 8.38. The lowest BCUT2D eigenvalue weighted by atomic mass is 10.00. The summed E-state index contributed by atoms with van der Waals surface area (Å²) in [7, 11) is 1.33. The molecule has 2 heterocycles. The number of carbonyl (C=O) groups excluding carboxylic acids is 2. The van der Waals surface area contributed by atoms with E-state index in [2.05, 4.69) is 14.7 Å². The topological polar surface area (TPSA) is 72.1 Å². The number of nitrogens with zero attached hydrogens (tertiary/aromatic N) is 1. The standard InChI is InChI=1S/C21H16N2O3S/c1-26-21(25)18-12-27-19(23-18)10-13-5-4-6-14(9-13)20(24)16-11-22-17-8-3-2-7-15(16)17/h2-9,11-12,22H,10H2,1H3. The number of fused-ring (bicyclic) bond motifs is 1. The van der Waals surface area contributed by atoms with E-state index in [-0.39, 0.29) is 5.78 Å². The van der Waals surface area contributed by atoms with E-state index in [0.717, 1.165) is 21.5 Å². The van der Waals surface area contributed by atoms with Gasteiger partial charge in [0.15, 0.2) is 11.5 Å². The molecule has 0 aliphatic rings. The number of rotatable bonds is 5. The number of ether oxygens (including phenoxy) is 1. The van der Waals surface area contributed by atoms with E-state index in [4.69, 9.17) is 0 Å². The molecule has 4 aromatic rings. The second-order valence-electron chi connectivity index (χ2n) is 6.07. The predicted molar refractivity (Wildman–Crippen MR) is 104 cm³/mol. The highest BCUT2D eigenvalue weighted by molar-refractivity contribution is 7.09. The largest absolute Gasteiger partial charge is 0.464 e. The van der Waals surface area contributed by atoms with Crippen molar-refractivity contribution >= 4 is 34.0 Å². The van der Waals surface area contributed by atoms with Gasteiger partial charge in [0.25, 0.3) is 0 Å². The molecule has 0 unspecified atom stereocenters.